The summed E-state index contributed by atoms with van der Waals surface area (Å²) < 4.78 is 5.99. The number of rotatable bonds is 9. The van der Waals surface area contributed by atoms with Gasteiger partial charge >= 0.3 is 0 Å². The van der Waals surface area contributed by atoms with Gasteiger partial charge in [0.15, 0.2) is 0 Å². The van der Waals surface area contributed by atoms with Crippen LogP contribution < -0.4 is 4.74 Å². The minimum atomic E-state index is -0.694. The minimum absolute atomic E-state index is 0.0182. The number of aliphatic imine (C=N–C) groups is 1. The van der Waals surface area contributed by atoms with Gasteiger partial charge in [-0.3, -0.25) is 14.6 Å². The van der Waals surface area contributed by atoms with E-state index < -0.39 is 5.92 Å². The predicted octanol–water partition coefficient (Wildman–Crippen LogP) is 11.0. The molecule has 1 saturated carbocycles. The molecule has 1 aromatic carbocycles. The monoisotopic (exact) mass is 599 g/mol. The second-order valence-corrected chi connectivity index (χ2v) is 10.5. The molecule has 5 heteroatoms. The molecule has 1 fully saturated rings. The Bertz CT molecular complexity index is 892. The fourth-order valence-corrected chi connectivity index (χ4v) is 2.53. The molecule has 0 bridgehead atoms. The van der Waals surface area contributed by atoms with Crippen LogP contribution >= 0.6 is 0 Å². The lowest BCUT2D eigenvalue weighted by atomic mass is 9.87. The Balaban J connectivity index is -0.000000297. The number of nitrogens with zero attached hydrogens (tertiary/aromatic N) is 1. The molecular weight excluding hydrogens is 534 g/mol. The Morgan fingerprint density at radius 2 is 1.44 bits per heavy atom. The van der Waals surface area contributed by atoms with Crippen LogP contribution in [0.3, 0.4) is 0 Å². The van der Waals surface area contributed by atoms with Gasteiger partial charge < -0.3 is 9.84 Å². The zero-order chi connectivity index (χ0) is 34.1. The van der Waals surface area contributed by atoms with E-state index in [4.69, 9.17) is 9.84 Å². The van der Waals surface area contributed by atoms with Crippen molar-refractivity contribution in [3.63, 3.8) is 0 Å². The van der Waals surface area contributed by atoms with E-state index >= 15 is 0 Å². The molecule has 0 heterocycles. The van der Waals surface area contributed by atoms with Crippen molar-refractivity contribution in [2.45, 2.75) is 126 Å². The quantitative estimate of drug-likeness (QED) is 0.133. The van der Waals surface area contributed by atoms with E-state index in [1.165, 1.54) is 31.9 Å². The van der Waals surface area contributed by atoms with E-state index in [0.29, 0.717) is 36.3 Å². The third-order valence-corrected chi connectivity index (χ3v) is 5.18. The summed E-state index contributed by atoms with van der Waals surface area (Å²) in [5.41, 5.74) is 1.06. The average molecular weight is 600 g/mol. The number of ketones is 2. The highest BCUT2D eigenvalue weighted by Crippen LogP contribution is 2.31. The molecule has 1 aliphatic carbocycles. The average Bonchev–Trinajstić information content (AvgIpc) is 2.98. The standard InChI is InChI=1S/C18H23NO3.C7H10O.C4H10.2C3H8.C3H6/c1-4-18(2,3)22-17-11-6-5-8-14(17)19-12-13-15(20)9-7-10-16(13)21;1-3-4-5-7(2)6-8;1-3-4-2;3*1-3-2/h5-6,8,11-13H,4,7,9-10H2,1-3H3;3-5,8H,1-2,6H2;3-4H2,1-2H3;2*3H2,1-2H3;3H,1H2,2H3/b;5-4-;;;;. The van der Waals surface area contributed by atoms with E-state index in [-0.39, 0.29) is 23.8 Å². The van der Waals surface area contributed by atoms with Gasteiger partial charge in [-0.1, -0.05) is 124 Å². The van der Waals surface area contributed by atoms with Gasteiger partial charge in [-0.2, -0.15) is 0 Å². The molecule has 1 aliphatic rings. The normalized spacial score (nSPS) is 12.4. The van der Waals surface area contributed by atoms with Gasteiger partial charge in [-0.15, -0.1) is 6.58 Å². The number of unbranched alkanes of at least 4 members (excludes halogenated alkanes) is 1. The van der Waals surface area contributed by atoms with Crippen molar-refractivity contribution in [3.8, 4) is 5.75 Å². The lowest BCUT2D eigenvalue weighted by Gasteiger charge is -2.25. The third-order valence-electron chi connectivity index (χ3n) is 5.18. The Morgan fingerprint density at radius 3 is 1.84 bits per heavy atom. The zero-order valence-electron chi connectivity index (χ0n) is 29.4. The Hall–Kier alpha value is -3.05. The van der Waals surface area contributed by atoms with Crippen LogP contribution in [-0.2, 0) is 9.59 Å². The van der Waals surface area contributed by atoms with E-state index in [0.717, 1.165) is 6.42 Å². The van der Waals surface area contributed by atoms with Crippen LogP contribution in [0, 0.1) is 5.92 Å². The van der Waals surface area contributed by atoms with Crippen LogP contribution in [0.1, 0.15) is 121 Å². The van der Waals surface area contributed by atoms with Gasteiger partial charge in [0.05, 0.1) is 6.61 Å². The number of aliphatic hydroxyl groups is 1. The van der Waals surface area contributed by atoms with E-state index in [1.54, 1.807) is 24.3 Å². The van der Waals surface area contributed by atoms with Crippen molar-refractivity contribution < 1.29 is 19.4 Å². The number of ether oxygens (including phenoxy) is 1. The molecule has 0 spiro atoms. The van der Waals surface area contributed by atoms with Crippen LogP contribution in [0.15, 0.2) is 78.9 Å². The topological polar surface area (TPSA) is 76.0 Å². The van der Waals surface area contributed by atoms with Crippen LogP contribution in [0.4, 0.5) is 5.69 Å². The van der Waals surface area contributed by atoms with Crippen LogP contribution in [0.25, 0.3) is 0 Å². The number of hydrogen-bond acceptors (Lipinski definition) is 5. The molecule has 246 valence electrons. The SMILES string of the molecule is C=C/C=C\C(=C)CO.C=CC.CCC.CCC.CCC(C)(C)Oc1ccccc1N=CC1C(=O)CCCC1=O.CCCC. The van der Waals surface area contributed by atoms with Crippen molar-refractivity contribution in [3.05, 3.63) is 73.9 Å². The number of hydrogen-bond donors (Lipinski definition) is 1. The summed E-state index contributed by atoms with van der Waals surface area (Å²) in [4.78, 5) is 28.0. The summed E-state index contributed by atoms with van der Waals surface area (Å²) >= 11 is 0. The van der Waals surface area contributed by atoms with Gasteiger partial charge in [0.25, 0.3) is 0 Å². The second-order valence-electron chi connectivity index (χ2n) is 10.5. The van der Waals surface area contributed by atoms with Crippen LogP contribution in [0.5, 0.6) is 5.75 Å². The fraction of sp³-hybridized carbons (Fsp3) is 0.553. The molecule has 0 aromatic heterocycles. The van der Waals surface area contributed by atoms with E-state index in [2.05, 4.69) is 73.2 Å². The van der Waals surface area contributed by atoms with Gasteiger partial charge in [0.1, 0.15) is 34.5 Å². The molecule has 0 aliphatic heterocycles. The lowest BCUT2D eigenvalue weighted by molar-refractivity contribution is -0.132. The Labute approximate surface area is 266 Å². The first-order valence-corrected chi connectivity index (χ1v) is 15.9. The molecule has 0 amide bonds. The van der Waals surface area contributed by atoms with Crippen molar-refractivity contribution in [2.75, 3.05) is 6.61 Å². The summed E-state index contributed by atoms with van der Waals surface area (Å²) in [6, 6.07) is 7.43. The third kappa shape index (κ3) is 30.2. The maximum absolute atomic E-state index is 11.8. The second kappa shape index (κ2) is 33.5. The van der Waals surface area contributed by atoms with Crippen molar-refractivity contribution in [1.82, 2.24) is 0 Å². The molecule has 0 saturated heterocycles. The van der Waals surface area contributed by atoms with E-state index in [1.807, 2.05) is 45.0 Å². The van der Waals surface area contributed by atoms with Crippen molar-refractivity contribution >= 4 is 23.5 Å². The number of allylic oxidation sites excluding steroid dienone is 3. The molecule has 1 N–H and O–H groups in total. The highest BCUT2D eigenvalue weighted by atomic mass is 16.5. The number of carbonyl (C=O) groups excluding carboxylic acids is 2. The van der Waals surface area contributed by atoms with Crippen molar-refractivity contribution in [2.24, 2.45) is 10.9 Å². The molecule has 43 heavy (non-hydrogen) atoms. The highest BCUT2D eigenvalue weighted by molar-refractivity contribution is 6.16. The van der Waals surface area contributed by atoms with Gasteiger partial charge in [-0.25, -0.2) is 0 Å². The Kier molecular flexibility index (Phi) is 36.5. The molecular formula is C38H65NO4. The lowest BCUT2D eigenvalue weighted by Crippen LogP contribution is -2.29. The predicted molar refractivity (Wildman–Crippen MR) is 191 cm³/mol. The zero-order valence-corrected chi connectivity index (χ0v) is 29.4. The molecule has 0 radical (unpaired) electrons. The largest absolute Gasteiger partial charge is 0.486 e. The minimum Gasteiger partial charge on any atom is -0.486 e. The summed E-state index contributed by atoms with van der Waals surface area (Å²) in [5.74, 6) is -0.0955. The summed E-state index contributed by atoms with van der Waals surface area (Å²) in [7, 11) is 0. The molecule has 0 atom stereocenters. The molecule has 2 rings (SSSR count). The summed E-state index contributed by atoms with van der Waals surface area (Å²) in [5, 5.41) is 8.38. The maximum atomic E-state index is 11.8. The number of para-hydroxylation sites is 2. The van der Waals surface area contributed by atoms with Gasteiger partial charge in [-0.05, 0) is 51.3 Å². The maximum Gasteiger partial charge on any atom is 0.148 e. The number of benzene rings is 1. The number of Topliss-reactive ketones (excluding diaryl/α,β-unsaturated/α-hetero) is 2. The van der Waals surface area contributed by atoms with Crippen LogP contribution in [-0.4, -0.2) is 35.1 Å². The first kappa shape index (κ1) is 46.9. The first-order valence-electron chi connectivity index (χ1n) is 15.9. The first-order chi connectivity index (χ1) is 20.4. The number of carbonyl (C=O) groups is 2. The van der Waals surface area contributed by atoms with E-state index in [9.17, 15) is 9.59 Å². The summed E-state index contributed by atoms with van der Waals surface area (Å²) in [6.45, 7) is 31.2. The van der Waals surface area contributed by atoms with Gasteiger partial charge in [0.2, 0.25) is 0 Å². The number of aliphatic hydroxyl groups excluding tert-OH is 1. The highest BCUT2D eigenvalue weighted by Gasteiger charge is 2.28. The fourth-order valence-electron chi connectivity index (χ4n) is 2.53. The Morgan fingerprint density at radius 1 is 0.977 bits per heavy atom. The molecule has 0 unspecified atom stereocenters. The molecule has 1 aromatic rings. The molecule has 5 nitrogen and oxygen atoms in total. The van der Waals surface area contributed by atoms with Gasteiger partial charge in [0, 0.05) is 19.1 Å². The van der Waals surface area contributed by atoms with Crippen molar-refractivity contribution in [1.29, 1.82) is 0 Å². The van der Waals surface area contributed by atoms with Crippen LogP contribution in [0.2, 0.25) is 0 Å². The smallest absolute Gasteiger partial charge is 0.148 e. The summed E-state index contributed by atoms with van der Waals surface area (Å²) in [6.07, 6.45) is 15.9.